The van der Waals surface area contributed by atoms with Gasteiger partial charge >= 0.3 is 12.0 Å². The molecule has 0 aliphatic carbocycles. The summed E-state index contributed by atoms with van der Waals surface area (Å²) >= 11 is 21.2. The van der Waals surface area contributed by atoms with Crippen LogP contribution in [0.3, 0.4) is 0 Å². The summed E-state index contributed by atoms with van der Waals surface area (Å²) in [5.74, 6) is -0.307. The monoisotopic (exact) mass is 741 g/mol. The Balaban J connectivity index is 1.78. The minimum absolute atomic E-state index is 0.124. The molecule has 1 heterocycles. The van der Waals surface area contributed by atoms with Crippen molar-refractivity contribution in [2.75, 3.05) is 13.2 Å². The van der Waals surface area contributed by atoms with Crippen LogP contribution in [-0.2, 0) is 25.7 Å². The molecular formula is C33H55BrCl3NO4Si. The van der Waals surface area contributed by atoms with E-state index in [2.05, 4.69) is 73.0 Å². The normalized spacial score (nSPS) is 18.0. The van der Waals surface area contributed by atoms with Crippen molar-refractivity contribution in [2.45, 2.75) is 153 Å². The minimum Gasteiger partial charge on any atom is -0.461 e. The van der Waals surface area contributed by atoms with Crippen molar-refractivity contribution in [3.8, 4) is 0 Å². The first-order chi connectivity index (χ1) is 20.0. The molecule has 1 aromatic rings. The Morgan fingerprint density at radius 1 is 0.907 bits per heavy atom. The summed E-state index contributed by atoms with van der Waals surface area (Å²) < 4.78 is 10.9. The first-order valence-corrected chi connectivity index (χ1v) is 22.1. The molecule has 1 saturated heterocycles. The lowest BCUT2D eigenvalue weighted by Gasteiger charge is -2.52. The molecule has 0 aromatic heterocycles. The van der Waals surface area contributed by atoms with Crippen LogP contribution in [0.25, 0.3) is 0 Å². The van der Waals surface area contributed by atoms with E-state index in [9.17, 15) is 4.79 Å². The third-order valence-corrected chi connectivity index (χ3v) is 11.1. The van der Waals surface area contributed by atoms with E-state index in [0.717, 1.165) is 55.9 Å². The molecular weight excluding hydrogens is 689 g/mol. The molecule has 1 unspecified atom stereocenters. The second kappa shape index (κ2) is 18.5. The third-order valence-electron chi connectivity index (χ3n) is 8.13. The first kappa shape index (κ1) is 39.3. The smallest absolute Gasteiger partial charge is 0.341 e. The summed E-state index contributed by atoms with van der Waals surface area (Å²) in [4.78, 5) is 19.3. The van der Waals surface area contributed by atoms with Crippen LogP contribution in [0.5, 0.6) is 0 Å². The summed E-state index contributed by atoms with van der Waals surface area (Å²) in [6.45, 7) is 14.0. The van der Waals surface area contributed by atoms with E-state index in [-0.39, 0.29) is 23.7 Å². The van der Waals surface area contributed by atoms with Crippen molar-refractivity contribution >= 4 is 61.1 Å². The number of hydrogen-bond donors (Lipinski definition) is 0. The van der Waals surface area contributed by atoms with E-state index in [1.807, 2.05) is 0 Å². The SMILES string of the molecule is CC(C)(Br)C(=O)OCC(ON1C(C)(C)CCCC1(C)C)c1ccc(COCCCCCCCCCCC[Si](Cl)(Cl)Cl)cc1. The second-order valence-corrected chi connectivity index (χ2v) is 25.0. The number of hydroxylamine groups is 2. The summed E-state index contributed by atoms with van der Waals surface area (Å²) in [5.41, 5.74) is 1.86. The zero-order chi connectivity index (χ0) is 32.2. The number of unbranched alkanes of at least 4 members (excludes halogenated alkanes) is 8. The van der Waals surface area contributed by atoms with Crippen molar-refractivity contribution < 1.29 is 19.1 Å². The molecule has 0 amide bonds. The molecule has 5 nitrogen and oxygen atoms in total. The van der Waals surface area contributed by atoms with Crippen molar-refractivity contribution in [1.82, 2.24) is 5.06 Å². The number of carbonyl (C=O) groups is 1. The number of rotatable bonds is 20. The predicted molar refractivity (Wildman–Crippen MR) is 187 cm³/mol. The Bertz CT molecular complexity index is 935. The lowest BCUT2D eigenvalue weighted by Crippen LogP contribution is -2.58. The van der Waals surface area contributed by atoms with Gasteiger partial charge < -0.3 is 9.47 Å². The molecule has 2 rings (SSSR count). The summed E-state index contributed by atoms with van der Waals surface area (Å²) in [5, 5.41) is 2.13. The molecule has 0 spiro atoms. The Hall–Kier alpha value is 0.137. The lowest BCUT2D eigenvalue weighted by molar-refractivity contribution is -0.311. The molecule has 10 heteroatoms. The number of esters is 1. The molecule has 1 aromatic carbocycles. The number of nitrogens with zero attached hydrogens (tertiary/aromatic N) is 1. The molecule has 248 valence electrons. The molecule has 1 aliphatic rings. The van der Waals surface area contributed by atoms with Gasteiger partial charge in [-0.1, -0.05) is 91.6 Å². The fourth-order valence-corrected chi connectivity index (χ4v) is 7.65. The Kier molecular flexibility index (Phi) is 16.9. The summed E-state index contributed by atoms with van der Waals surface area (Å²) in [6.07, 6.45) is 13.7. The standard InChI is InChI=1S/C33H55BrCl3NO4Si/c1-31(2)21-16-22-32(3,4)38(31)42-29(26-41-30(39)33(5,6)34)28-19-17-27(18-20-28)25-40-23-14-12-10-8-7-9-11-13-15-24-43(35,36)37/h17-20,29H,7-16,21-26H2,1-6H3. The van der Waals surface area contributed by atoms with Gasteiger partial charge in [-0.25, -0.2) is 0 Å². The highest BCUT2D eigenvalue weighted by Gasteiger charge is 2.44. The van der Waals surface area contributed by atoms with Gasteiger partial charge in [0.05, 0.1) is 6.61 Å². The van der Waals surface area contributed by atoms with Gasteiger partial charge in [0.15, 0.2) is 0 Å². The molecule has 1 atom stereocenters. The van der Waals surface area contributed by atoms with E-state index >= 15 is 0 Å². The van der Waals surface area contributed by atoms with E-state index in [1.165, 1.54) is 44.9 Å². The van der Waals surface area contributed by atoms with Crippen molar-refractivity contribution in [2.24, 2.45) is 0 Å². The first-order valence-electron chi connectivity index (χ1n) is 16.1. The van der Waals surface area contributed by atoms with Gasteiger partial charge in [-0.05, 0) is 84.4 Å². The van der Waals surface area contributed by atoms with Gasteiger partial charge in [0, 0.05) is 17.7 Å². The lowest BCUT2D eigenvalue weighted by atomic mass is 9.82. The molecule has 43 heavy (non-hydrogen) atoms. The minimum atomic E-state index is -2.43. The van der Waals surface area contributed by atoms with Crippen molar-refractivity contribution in [1.29, 1.82) is 0 Å². The average Bonchev–Trinajstić information content (AvgIpc) is 2.89. The van der Waals surface area contributed by atoms with Gasteiger partial charge in [-0.2, -0.15) is 5.06 Å². The molecule has 0 radical (unpaired) electrons. The van der Waals surface area contributed by atoms with E-state index < -0.39 is 16.4 Å². The van der Waals surface area contributed by atoms with Crippen LogP contribution >= 0.6 is 49.2 Å². The highest BCUT2D eigenvalue weighted by molar-refractivity contribution is 9.10. The Morgan fingerprint density at radius 3 is 1.93 bits per heavy atom. The van der Waals surface area contributed by atoms with Crippen LogP contribution in [-0.4, -0.2) is 45.7 Å². The van der Waals surface area contributed by atoms with Gasteiger partial charge in [0.1, 0.15) is 17.0 Å². The fourth-order valence-electron chi connectivity index (χ4n) is 5.68. The van der Waals surface area contributed by atoms with Crippen molar-refractivity contribution in [3.05, 3.63) is 35.4 Å². The number of piperidine rings is 1. The highest BCUT2D eigenvalue weighted by Crippen LogP contribution is 2.40. The Labute approximate surface area is 285 Å². The maximum atomic E-state index is 12.6. The van der Waals surface area contributed by atoms with Gasteiger partial charge in [0.2, 0.25) is 0 Å². The van der Waals surface area contributed by atoms with Crippen LogP contribution in [0.4, 0.5) is 0 Å². The number of carbonyl (C=O) groups excluding carboxylic acids is 1. The quantitative estimate of drug-likeness (QED) is 0.0438. The number of alkyl halides is 1. The Morgan fingerprint density at radius 2 is 1.42 bits per heavy atom. The molecule has 1 aliphatic heterocycles. The topological polar surface area (TPSA) is 48.0 Å². The van der Waals surface area contributed by atoms with Crippen LogP contribution in [0, 0.1) is 0 Å². The number of halogens is 4. The summed E-state index contributed by atoms with van der Waals surface area (Å²) in [6, 6.07) is 6.66. The summed E-state index contributed by atoms with van der Waals surface area (Å²) in [7, 11) is 0. The number of benzene rings is 1. The van der Waals surface area contributed by atoms with Gasteiger partial charge in [-0.15, -0.1) is 33.2 Å². The third kappa shape index (κ3) is 15.5. The van der Waals surface area contributed by atoms with E-state index in [4.69, 9.17) is 47.5 Å². The van der Waals surface area contributed by atoms with Crippen LogP contribution in [0.1, 0.15) is 136 Å². The zero-order valence-corrected chi connectivity index (χ0v) is 32.1. The maximum Gasteiger partial charge on any atom is 0.341 e. The van der Waals surface area contributed by atoms with Crippen LogP contribution < -0.4 is 0 Å². The van der Waals surface area contributed by atoms with E-state index in [1.54, 1.807) is 13.8 Å². The van der Waals surface area contributed by atoms with Crippen LogP contribution in [0.2, 0.25) is 6.04 Å². The van der Waals surface area contributed by atoms with Gasteiger partial charge in [0.25, 0.3) is 0 Å². The van der Waals surface area contributed by atoms with E-state index in [0.29, 0.717) is 6.61 Å². The number of hydrogen-bond acceptors (Lipinski definition) is 5. The van der Waals surface area contributed by atoms with Crippen LogP contribution in [0.15, 0.2) is 24.3 Å². The van der Waals surface area contributed by atoms with Gasteiger partial charge in [-0.3, -0.25) is 9.63 Å². The maximum absolute atomic E-state index is 12.6. The predicted octanol–water partition coefficient (Wildman–Crippen LogP) is 11.1. The fraction of sp³-hybridized carbons (Fsp3) is 0.788. The highest BCUT2D eigenvalue weighted by atomic mass is 79.9. The average molecular weight is 744 g/mol. The number of ether oxygens (including phenoxy) is 2. The molecule has 0 N–H and O–H groups in total. The second-order valence-electron chi connectivity index (χ2n) is 13.8. The molecule has 1 fully saturated rings. The molecule has 0 bridgehead atoms. The zero-order valence-electron chi connectivity index (χ0n) is 27.3. The van der Waals surface area contributed by atoms with Crippen molar-refractivity contribution in [3.63, 3.8) is 0 Å². The molecule has 0 saturated carbocycles. The largest absolute Gasteiger partial charge is 0.461 e.